The van der Waals surface area contributed by atoms with Crippen LogP contribution in [0, 0.1) is 0 Å². The zero-order chi connectivity index (χ0) is 4.28. The summed E-state index contributed by atoms with van der Waals surface area (Å²) in [7, 11) is 0. The number of rotatable bonds is 1. The molecule has 0 aliphatic carbocycles. The lowest BCUT2D eigenvalue weighted by Gasteiger charge is -1.73. The maximum Gasteiger partial charge on any atom is 0.317 e. The summed E-state index contributed by atoms with van der Waals surface area (Å²) in [6.07, 6.45) is 0. The molecule has 0 rings (SSSR count). The van der Waals surface area contributed by atoms with Crippen LogP contribution in [0.2, 0.25) is 0 Å². The number of hydrogen-bond acceptors (Lipinski definition) is 2. The SMILES string of the molecule is F.F.NCC(=O)O. The van der Waals surface area contributed by atoms with Crippen LogP contribution in [-0.2, 0) is 4.79 Å². The van der Waals surface area contributed by atoms with Crippen LogP contribution in [0.1, 0.15) is 0 Å². The molecule has 0 unspecified atom stereocenters. The number of hydrogen-bond donors (Lipinski definition) is 2. The van der Waals surface area contributed by atoms with Gasteiger partial charge in [0.1, 0.15) is 0 Å². The number of carboxylic acid groups (broad SMARTS) is 1. The molecule has 0 radical (unpaired) electrons. The zero-order valence-corrected chi connectivity index (χ0v) is 3.46. The molecule has 0 saturated carbocycles. The van der Waals surface area contributed by atoms with Crippen molar-refractivity contribution in [2.75, 3.05) is 6.54 Å². The molecular weight excluding hydrogens is 108 g/mol. The minimum absolute atomic E-state index is 0. The average Bonchev–Trinajstić information content (AvgIpc) is 1.38. The van der Waals surface area contributed by atoms with Crippen molar-refractivity contribution in [2.24, 2.45) is 5.73 Å². The molecule has 0 fully saturated rings. The Morgan fingerprint density at radius 2 is 1.71 bits per heavy atom. The minimum Gasteiger partial charge on any atom is -0.480 e. The lowest BCUT2D eigenvalue weighted by atomic mass is 10.7. The monoisotopic (exact) mass is 115 g/mol. The van der Waals surface area contributed by atoms with Gasteiger partial charge in [0.2, 0.25) is 0 Å². The van der Waals surface area contributed by atoms with Crippen LogP contribution in [0.25, 0.3) is 0 Å². The topological polar surface area (TPSA) is 63.3 Å². The number of nitrogens with two attached hydrogens (primary N) is 1. The summed E-state index contributed by atoms with van der Waals surface area (Å²) in [5.74, 6) is -0.968. The molecule has 0 heterocycles. The number of aliphatic carboxylic acids is 1. The quantitative estimate of drug-likeness (QED) is 0.476. The summed E-state index contributed by atoms with van der Waals surface area (Å²) in [4.78, 5) is 9.24. The summed E-state index contributed by atoms with van der Waals surface area (Å²) in [5, 5.41) is 7.60. The van der Waals surface area contributed by atoms with E-state index < -0.39 is 5.97 Å². The molecule has 46 valence electrons. The highest BCUT2D eigenvalue weighted by Crippen LogP contribution is 1.43. The molecule has 0 aromatic heterocycles. The molecule has 0 aliphatic heterocycles. The first kappa shape index (κ1) is 16.3. The molecular formula is C2H7F2NO2. The lowest BCUT2D eigenvalue weighted by molar-refractivity contribution is -0.135. The van der Waals surface area contributed by atoms with Gasteiger partial charge in [0.05, 0.1) is 6.54 Å². The van der Waals surface area contributed by atoms with Crippen LogP contribution in [0.4, 0.5) is 9.41 Å². The van der Waals surface area contributed by atoms with Crippen LogP contribution in [0.5, 0.6) is 0 Å². The molecule has 0 aliphatic rings. The molecule has 5 heteroatoms. The van der Waals surface area contributed by atoms with Crippen molar-refractivity contribution in [3.05, 3.63) is 0 Å². The third kappa shape index (κ3) is 34.4. The van der Waals surface area contributed by atoms with E-state index in [9.17, 15) is 4.79 Å². The first-order valence-corrected chi connectivity index (χ1v) is 1.19. The zero-order valence-electron chi connectivity index (χ0n) is 3.46. The molecule has 0 amide bonds. The minimum atomic E-state index is -0.968. The second-order valence-electron chi connectivity index (χ2n) is 0.598. The van der Waals surface area contributed by atoms with Gasteiger partial charge in [0.25, 0.3) is 0 Å². The average molecular weight is 115 g/mol. The molecule has 0 saturated heterocycles. The summed E-state index contributed by atoms with van der Waals surface area (Å²) < 4.78 is 0. The van der Waals surface area contributed by atoms with Crippen molar-refractivity contribution in [3.8, 4) is 0 Å². The highest BCUT2D eigenvalue weighted by molar-refractivity contribution is 5.68. The van der Waals surface area contributed by atoms with Gasteiger partial charge in [-0.3, -0.25) is 14.2 Å². The van der Waals surface area contributed by atoms with Gasteiger partial charge in [-0.1, -0.05) is 0 Å². The fourth-order valence-electron chi connectivity index (χ4n) is 0. The second-order valence-corrected chi connectivity index (χ2v) is 0.598. The fourth-order valence-corrected chi connectivity index (χ4v) is 0. The van der Waals surface area contributed by atoms with Crippen molar-refractivity contribution in [3.63, 3.8) is 0 Å². The van der Waals surface area contributed by atoms with E-state index in [0.717, 1.165) is 0 Å². The summed E-state index contributed by atoms with van der Waals surface area (Å²) in [6, 6.07) is 0. The van der Waals surface area contributed by atoms with Crippen LogP contribution in [-0.4, -0.2) is 17.6 Å². The van der Waals surface area contributed by atoms with Crippen LogP contribution in [0.3, 0.4) is 0 Å². The molecule has 0 bridgehead atoms. The Morgan fingerprint density at radius 3 is 1.71 bits per heavy atom. The Labute approximate surface area is 38.9 Å². The maximum absolute atomic E-state index is 9.24. The lowest BCUT2D eigenvalue weighted by Crippen LogP contribution is -2.10. The molecule has 3 N–H and O–H groups in total. The standard InChI is InChI=1S/C2H5NO2.2FH/c3-1-2(4)5;;/h1,3H2,(H,4,5);2*1H. The van der Waals surface area contributed by atoms with Gasteiger partial charge < -0.3 is 10.8 Å². The van der Waals surface area contributed by atoms with Gasteiger partial charge in [-0.15, -0.1) is 0 Å². The van der Waals surface area contributed by atoms with Crippen molar-refractivity contribution in [1.29, 1.82) is 0 Å². The van der Waals surface area contributed by atoms with Crippen molar-refractivity contribution < 1.29 is 19.3 Å². The Bertz CT molecular complexity index is 49.0. The molecule has 0 aromatic carbocycles. The van der Waals surface area contributed by atoms with E-state index in [1.54, 1.807) is 0 Å². The van der Waals surface area contributed by atoms with E-state index in [-0.39, 0.29) is 16.0 Å². The summed E-state index contributed by atoms with van der Waals surface area (Å²) in [6.45, 7) is -0.278. The number of carbonyl (C=O) groups is 1. The summed E-state index contributed by atoms with van der Waals surface area (Å²) in [5.41, 5.74) is 4.57. The van der Waals surface area contributed by atoms with Gasteiger partial charge in [0, 0.05) is 0 Å². The molecule has 7 heavy (non-hydrogen) atoms. The first-order valence-electron chi connectivity index (χ1n) is 1.19. The Kier molecular flexibility index (Phi) is 20.9. The van der Waals surface area contributed by atoms with E-state index in [1.165, 1.54) is 0 Å². The van der Waals surface area contributed by atoms with Crippen LogP contribution < -0.4 is 5.73 Å². The molecule has 0 aromatic rings. The molecule has 0 spiro atoms. The maximum atomic E-state index is 9.24. The Balaban J connectivity index is -0.0000000800. The van der Waals surface area contributed by atoms with E-state index in [1.807, 2.05) is 0 Å². The van der Waals surface area contributed by atoms with Crippen LogP contribution >= 0.6 is 0 Å². The molecule has 3 nitrogen and oxygen atoms in total. The third-order valence-corrected chi connectivity index (χ3v) is 0.175. The first-order chi connectivity index (χ1) is 2.27. The predicted octanol–water partition coefficient (Wildman–Crippen LogP) is -0.665. The van der Waals surface area contributed by atoms with Crippen LogP contribution in [0.15, 0.2) is 0 Å². The van der Waals surface area contributed by atoms with Gasteiger partial charge >= 0.3 is 5.97 Å². The Hall–Kier alpha value is -0.710. The predicted molar refractivity (Wildman–Crippen MR) is 21.7 cm³/mol. The highest BCUT2D eigenvalue weighted by atomic mass is 19.0. The largest absolute Gasteiger partial charge is 0.480 e. The second kappa shape index (κ2) is 8.99. The van der Waals surface area contributed by atoms with Gasteiger partial charge in [-0.25, -0.2) is 0 Å². The van der Waals surface area contributed by atoms with E-state index in [0.29, 0.717) is 0 Å². The third-order valence-electron chi connectivity index (χ3n) is 0.175. The number of carboxylic acids is 1. The normalized spacial score (nSPS) is 5.29. The van der Waals surface area contributed by atoms with E-state index in [2.05, 4.69) is 5.73 Å². The number of halogens is 2. The van der Waals surface area contributed by atoms with E-state index in [4.69, 9.17) is 5.11 Å². The van der Waals surface area contributed by atoms with Crippen molar-refractivity contribution in [1.82, 2.24) is 0 Å². The van der Waals surface area contributed by atoms with Gasteiger partial charge in [0.15, 0.2) is 0 Å². The fraction of sp³-hybridized carbons (Fsp3) is 0.500. The smallest absolute Gasteiger partial charge is 0.317 e. The van der Waals surface area contributed by atoms with E-state index >= 15 is 0 Å². The Morgan fingerprint density at radius 1 is 1.57 bits per heavy atom. The van der Waals surface area contributed by atoms with Crippen molar-refractivity contribution >= 4 is 5.97 Å². The van der Waals surface area contributed by atoms with Gasteiger partial charge in [-0.05, 0) is 0 Å². The van der Waals surface area contributed by atoms with Crippen molar-refractivity contribution in [2.45, 2.75) is 0 Å². The highest BCUT2D eigenvalue weighted by Gasteiger charge is 1.81. The summed E-state index contributed by atoms with van der Waals surface area (Å²) >= 11 is 0. The molecule has 0 atom stereocenters. The van der Waals surface area contributed by atoms with Gasteiger partial charge in [-0.2, -0.15) is 0 Å².